The van der Waals surface area contributed by atoms with Gasteiger partial charge in [0.25, 0.3) is 0 Å². The molecule has 8 heteroatoms. The zero-order chi connectivity index (χ0) is 20.3. The molecule has 0 atom stereocenters. The summed E-state index contributed by atoms with van der Waals surface area (Å²) in [6.07, 6.45) is -2.73. The molecule has 2 rings (SSSR count). The van der Waals surface area contributed by atoms with E-state index < -0.39 is 11.7 Å². The maximum absolute atomic E-state index is 13.0. The number of rotatable bonds is 5. The molecule has 1 fully saturated rings. The van der Waals surface area contributed by atoms with Gasteiger partial charge in [0.15, 0.2) is 5.96 Å². The first-order chi connectivity index (χ1) is 12.5. The molecular formula is C19H27F3N4O. The molecule has 0 radical (unpaired) electrons. The molecule has 1 saturated carbocycles. The van der Waals surface area contributed by atoms with E-state index in [0.29, 0.717) is 18.1 Å². The van der Waals surface area contributed by atoms with Crippen LogP contribution < -0.4 is 16.0 Å². The third-order valence-electron chi connectivity index (χ3n) is 4.40. The third kappa shape index (κ3) is 6.15. The molecule has 1 aliphatic carbocycles. The van der Waals surface area contributed by atoms with Gasteiger partial charge in [-0.05, 0) is 45.2 Å². The van der Waals surface area contributed by atoms with E-state index in [1.54, 1.807) is 13.1 Å². The second-order valence-corrected chi connectivity index (χ2v) is 7.94. The highest BCUT2D eigenvalue weighted by molar-refractivity contribution is 5.86. The van der Waals surface area contributed by atoms with Gasteiger partial charge >= 0.3 is 6.18 Å². The number of benzene rings is 1. The smallest absolute Gasteiger partial charge is 0.356 e. The number of alkyl halides is 3. The Bertz CT molecular complexity index is 704. The number of nitrogens with one attached hydrogen (secondary N) is 3. The van der Waals surface area contributed by atoms with E-state index in [2.05, 4.69) is 20.9 Å². The first-order valence-electron chi connectivity index (χ1n) is 8.88. The first kappa shape index (κ1) is 21.1. The van der Waals surface area contributed by atoms with Gasteiger partial charge in [-0.15, -0.1) is 0 Å². The fourth-order valence-electron chi connectivity index (χ4n) is 2.84. The van der Waals surface area contributed by atoms with Crippen molar-refractivity contribution >= 4 is 11.9 Å². The third-order valence-corrected chi connectivity index (χ3v) is 4.40. The minimum atomic E-state index is -4.35. The summed E-state index contributed by atoms with van der Waals surface area (Å²) >= 11 is 0. The maximum Gasteiger partial charge on any atom is 0.416 e. The second kappa shape index (κ2) is 7.78. The molecule has 1 amide bonds. The normalized spacial score (nSPS) is 16.6. The van der Waals surface area contributed by atoms with E-state index in [1.165, 1.54) is 12.1 Å². The van der Waals surface area contributed by atoms with Gasteiger partial charge in [-0.3, -0.25) is 9.79 Å². The van der Waals surface area contributed by atoms with Crippen molar-refractivity contribution in [2.75, 3.05) is 20.1 Å². The predicted molar refractivity (Wildman–Crippen MR) is 99.6 cm³/mol. The Morgan fingerprint density at radius 3 is 2.37 bits per heavy atom. The molecule has 0 aromatic heterocycles. The van der Waals surface area contributed by atoms with E-state index >= 15 is 0 Å². The topological polar surface area (TPSA) is 65.5 Å². The molecule has 0 saturated heterocycles. The zero-order valence-electron chi connectivity index (χ0n) is 16.1. The molecule has 0 heterocycles. The van der Waals surface area contributed by atoms with E-state index in [-0.39, 0.29) is 23.4 Å². The summed E-state index contributed by atoms with van der Waals surface area (Å²) in [6.45, 7) is 6.19. The summed E-state index contributed by atoms with van der Waals surface area (Å²) in [6, 6.07) is 5.49. The van der Waals surface area contributed by atoms with Gasteiger partial charge in [0.05, 0.1) is 12.1 Å². The minimum absolute atomic E-state index is 0.0630. The van der Waals surface area contributed by atoms with Gasteiger partial charge in [-0.2, -0.15) is 13.2 Å². The van der Waals surface area contributed by atoms with Crippen LogP contribution in [0, 0.1) is 0 Å². The number of amides is 1. The molecule has 27 heavy (non-hydrogen) atoms. The van der Waals surface area contributed by atoms with Gasteiger partial charge in [-0.25, -0.2) is 0 Å². The summed E-state index contributed by atoms with van der Waals surface area (Å²) in [4.78, 5) is 16.0. The monoisotopic (exact) mass is 384 g/mol. The second-order valence-electron chi connectivity index (χ2n) is 7.94. The lowest BCUT2D eigenvalue weighted by atomic mass is 9.94. The number of guanidine groups is 1. The highest BCUT2D eigenvalue weighted by Crippen LogP contribution is 2.48. The minimum Gasteiger partial charge on any atom is -0.356 e. The van der Waals surface area contributed by atoms with E-state index in [0.717, 1.165) is 18.9 Å². The Hall–Kier alpha value is -2.25. The Labute approximate surface area is 157 Å². The fourth-order valence-corrected chi connectivity index (χ4v) is 2.84. The summed E-state index contributed by atoms with van der Waals surface area (Å²) < 4.78 is 38.9. The number of hydrogen-bond acceptors (Lipinski definition) is 2. The van der Waals surface area contributed by atoms with Crippen LogP contribution in [0.4, 0.5) is 13.2 Å². The van der Waals surface area contributed by atoms with Gasteiger partial charge in [0, 0.05) is 24.5 Å². The average Bonchev–Trinajstić information content (AvgIpc) is 3.34. The molecule has 0 unspecified atom stereocenters. The van der Waals surface area contributed by atoms with Crippen LogP contribution in [0.2, 0.25) is 0 Å². The van der Waals surface area contributed by atoms with Crippen molar-refractivity contribution in [1.82, 2.24) is 16.0 Å². The van der Waals surface area contributed by atoms with Crippen LogP contribution in [-0.2, 0) is 16.4 Å². The van der Waals surface area contributed by atoms with Crippen LogP contribution in [0.5, 0.6) is 0 Å². The van der Waals surface area contributed by atoms with Crippen molar-refractivity contribution in [2.45, 2.75) is 50.7 Å². The lowest BCUT2D eigenvalue weighted by Crippen LogP contribution is -2.49. The van der Waals surface area contributed by atoms with Crippen LogP contribution in [-0.4, -0.2) is 37.5 Å². The summed E-state index contributed by atoms with van der Waals surface area (Å²) in [5.74, 6) is 0.279. The molecule has 5 nitrogen and oxygen atoms in total. The van der Waals surface area contributed by atoms with Gasteiger partial charge in [0.1, 0.15) is 0 Å². The number of halogens is 3. The molecule has 3 N–H and O–H groups in total. The molecule has 1 aliphatic rings. The Kier molecular flexibility index (Phi) is 6.07. The van der Waals surface area contributed by atoms with Gasteiger partial charge in [0.2, 0.25) is 5.91 Å². The molecular weight excluding hydrogens is 357 g/mol. The van der Waals surface area contributed by atoms with Crippen LogP contribution in [0.3, 0.4) is 0 Å². The summed E-state index contributed by atoms with van der Waals surface area (Å²) in [7, 11) is 1.58. The lowest BCUT2D eigenvalue weighted by Gasteiger charge is -2.22. The fraction of sp³-hybridized carbons (Fsp3) is 0.579. The largest absolute Gasteiger partial charge is 0.416 e. The number of hydrogen-bond donors (Lipinski definition) is 3. The highest BCUT2D eigenvalue weighted by atomic mass is 19.4. The number of carbonyl (C=O) groups excluding carboxylic acids is 1. The van der Waals surface area contributed by atoms with Crippen LogP contribution in [0.15, 0.2) is 29.3 Å². The summed E-state index contributed by atoms with van der Waals surface area (Å²) in [5.41, 5.74) is -0.609. The predicted octanol–water partition coefficient (Wildman–Crippen LogP) is 2.82. The average molecular weight is 384 g/mol. The Morgan fingerprint density at radius 2 is 1.85 bits per heavy atom. The van der Waals surface area contributed by atoms with Crippen molar-refractivity contribution in [2.24, 2.45) is 4.99 Å². The van der Waals surface area contributed by atoms with Gasteiger partial charge < -0.3 is 16.0 Å². The van der Waals surface area contributed by atoms with Crippen molar-refractivity contribution in [3.05, 3.63) is 35.4 Å². The van der Waals surface area contributed by atoms with Gasteiger partial charge in [-0.1, -0.05) is 18.2 Å². The van der Waals surface area contributed by atoms with Crippen molar-refractivity contribution in [1.29, 1.82) is 0 Å². The Balaban J connectivity index is 1.94. The maximum atomic E-state index is 13.0. The molecule has 0 bridgehead atoms. The SMILES string of the molecule is CN=C(NCC(=O)NC(C)(C)C)NCC1(c2cccc(C(F)(F)F)c2)CC1. The van der Waals surface area contributed by atoms with E-state index in [9.17, 15) is 18.0 Å². The van der Waals surface area contributed by atoms with Crippen LogP contribution >= 0.6 is 0 Å². The molecule has 150 valence electrons. The molecule has 1 aromatic rings. The zero-order valence-corrected chi connectivity index (χ0v) is 16.1. The van der Waals surface area contributed by atoms with Crippen molar-refractivity contribution in [3.8, 4) is 0 Å². The number of nitrogens with zero attached hydrogens (tertiary/aromatic N) is 1. The Morgan fingerprint density at radius 1 is 1.19 bits per heavy atom. The van der Waals surface area contributed by atoms with Crippen LogP contribution in [0.25, 0.3) is 0 Å². The lowest BCUT2D eigenvalue weighted by molar-refractivity contribution is -0.137. The number of carbonyl (C=O) groups is 1. The molecule has 0 aliphatic heterocycles. The standard InChI is InChI=1S/C19H27F3N4O/c1-17(2,3)26-15(27)11-24-16(23-4)25-12-18(8-9-18)13-6-5-7-14(10-13)19(20,21)22/h5-7,10H,8-9,11-12H2,1-4H3,(H,26,27)(H2,23,24,25). The van der Waals surface area contributed by atoms with Crippen molar-refractivity contribution in [3.63, 3.8) is 0 Å². The highest BCUT2D eigenvalue weighted by Gasteiger charge is 2.45. The van der Waals surface area contributed by atoms with Crippen molar-refractivity contribution < 1.29 is 18.0 Å². The van der Waals surface area contributed by atoms with E-state index in [1.807, 2.05) is 20.8 Å². The molecule has 1 aromatic carbocycles. The first-order valence-corrected chi connectivity index (χ1v) is 8.88. The van der Waals surface area contributed by atoms with Crippen LogP contribution in [0.1, 0.15) is 44.7 Å². The summed E-state index contributed by atoms with van der Waals surface area (Å²) in [5, 5.41) is 8.89. The molecule has 0 spiro atoms. The number of aliphatic imine (C=N–C) groups is 1. The quantitative estimate of drug-likeness (QED) is 0.540. The van der Waals surface area contributed by atoms with E-state index in [4.69, 9.17) is 0 Å².